The molecular formula is C15H15N3O4S. The van der Waals surface area contributed by atoms with Crippen molar-refractivity contribution in [3.05, 3.63) is 40.9 Å². The molecule has 2 aliphatic rings. The summed E-state index contributed by atoms with van der Waals surface area (Å²) in [7, 11) is 0. The number of aliphatic carboxylic acids is 1. The molecule has 8 heteroatoms. The number of carboxylic acid groups (broad SMARTS) is 1. The van der Waals surface area contributed by atoms with Crippen LogP contribution < -0.4 is 10.6 Å². The highest BCUT2D eigenvalue weighted by molar-refractivity contribution is 8.04. The third kappa shape index (κ3) is 2.77. The highest BCUT2D eigenvalue weighted by Gasteiger charge is 2.48. The summed E-state index contributed by atoms with van der Waals surface area (Å²) in [4.78, 5) is 38.0. The average Bonchev–Trinajstić information content (AvgIpc) is 2.81. The van der Waals surface area contributed by atoms with E-state index in [0.717, 1.165) is 0 Å². The van der Waals surface area contributed by atoms with Gasteiger partial charge in [-0.25, -0.2) is 9.59 Å². The number of hydrogen-bond acceptors (Lipinski definition) is 4. The lowest BCUT2D eigenvalue weighted by molar-refractivity contribution is -0.145. The molecule has 3 rings (SSSR count). The Morgan fingerprint density at radius 3 is 2.61 bits per heavy atom. The molecule has 0 aromatic heterocycles. The molecule has 0 bridgehead atoms. The molecule has 7 nitrogen and oxygen atoms in total. The fraction of sp³-hybridized carbons (Fsp3) is 0.267. The lowest BCUT2D eigenvalue weighted by atomic mass is 10.1. The number of carboxylic acids is 1. The third-order valence-electron chi connectivity index (χ3n) is 3.79. The first kappa shape index (κ1) is 15.4. The highest BCUT2D eigenvalue weighted by Crippen LogP contribution is 2.47. The van der Waals surface area contributed by atoms with Gasteiger partial charge in [-0.1, -0.05) is 18.2 Å². The van der Waals surface area contributed by atoms with Gasteiger partial charge in [-0.05, 0) is 18.6 Å². The van der Waals surface area contributed by atoms with Gasteiger partial charge in [0.15, 0.2) is 0 Å². The number of amides is 3. The largest absolute Gasteiger partial charge is 0.477 e. The van der Waals surface area contributed by atoms with Crippen LogP contribution in [0.3, 0.4) is 0 Å². The molecule has 1 aromatic carbocycles. The van der Waals surface area contributed by atoms with Crippen LogP contribution >= 0.6 is 11.8 Å². The minimum absolute atomic E-state index is 0.0359. The van der Waals surface area contributed by atoms with Crippen LogP contribution in [0.25, 0.3) is 0 Å². The number of hydrogen-bond donors (Lipinski definition) is 2. The molecule has 2 aliphatic heterocycles. The molecule has 0 aliphatic carbocycles. The maximum absolute atomic E-state index is 11.7. The van der Waals surface area contributed by atoms with E-state index in [2.05, 4.69) is 0 Å². The van der Waals surface area contributed by atoms with E-state index in [9.17, 15) is 19.5 Å². The zero-order valence-electron chi connectivity index (χ0n) is 12.1. The number of carbonyl (C=O) groups excluding carboxylic acids is 2. The molecule has 0 spiro atoms. The van der Waals surface area contributed by atoms with E-state index in [4.69, 9.17) is 5.73 Å². The van der Waals surface area contributed by atoms with Gasteiger partial charge in [0.05, 0.1) is 11.8 Å². The van der Waals surface area contributed by atoms with Gasteiger partial charge in [-0.3, -0.25) is 14.6 Å². The normalized spacial score (nSPS) is 19.4. The number of carbonyl (C=O) groups is 3. The number of nitrogens with two attached hydrogens (primary N) is 1. The number of fused-ring (bicyclic) bond motifs is 1. The predicted octanol–water partition coefficient (Wildman–Crippen LogP) is 1.56. The van der Waals surface area contributed by atoms with Crippen molar-refractivity contribution >= 4 is 35.4 Å². The molecule has 0 saturated carbocycles. The molecule has 1 fully saturated rings. The lowest BCUT2D eigenvalue weighted by Crippen LogP contribution is -2.48. The van der Waals surface area contributed by atoms with Gasteiger partial charge in [0.2, 0.25) is 5.91 Å². The van der Waals surface area contributed by atoms with Gasteiger partial charge in [-0.2, -0.15) is 0 Å². The Morgan fingerprint density at radius 1 is 1.35 bits per heavy atom. The minimum atomic E-state index is -1.12. The summed E-state index contributed by atoms with van der Waals surface area (Å²) >= 11 is 1.37. The van der Waals surface area contributed by atoms with Crippen LogP contribution in [0.1, 0.15) is 12.8 Å². The van der Waals surface area contributed by atoms with Crippen molar-refractivity contribution in [2.45, 2.75) is 18.2 Å². The second kappa shape index (κ2) is 5.96. The quantitative estimate of drug-likeness (QED) is 0.796. The van der Waals surface area contributed by atoms with Crippen LogP contribution in [0.15, 0.2) is 40.9 Å². The number of primary amides is 1. The first-order valence-electron chi connectivity index (χ1n) is 7.06. The molecule has 23 heavy (non-hydrogen) atoms. The second-order valence-corrected chi connectivity index (χ2v) is 6.47. The van der Waals surface area contributed by atoms with Crippen LogP contribution in [0.4, 0.5) is 10.5 Å². The van der Waals surface area contributed by atoms with E-state index >= 15 is 0 Å². The van der Waals surface area contributed by atoms with Crippen molar-refractivity contribution < 1.29 is 19.5 Å². The Balaban J connectivity index is 1.78. The number of β-lactam (4-membered cyclic amide) rings is 1. The Kier molecular flexibility index (Phi) is 3.99. The molecular weight excluding hydrogens is 318 g/mol. The van der Waals surface area contributed by atoms with Gasteiger partial charge in [-0.15, -0.1) is 11.8 Å². The van der Waals surface area contributed by atoms with E-state index < -0.39 is 12.0 Å². The Hall–Kier alpha value is -2.48. The van der Waals surface area contributed by atoms with Crippen LogP contribution in [0.2, 0.25) is 0 Å². The molecule has 0 radical (unpaired) electrons. The molecule has 120 valence electrons. The molecule has 1 atom stereocenters. The number of urea groups is 1. The van der Waals surface area contributed by atoms with Crippen molar-refractivity contribution in [3.63, 3.8) is 0 Å². The van der Waals surface area contributed by atoms with Crippen molar-refractivity contribution in [1.82, 2.24) is 4.90 Å². The zero-order valence-corrected chi connectivity index (χ0v) is 13.0. The Bertz CT molecular complexity index is 704. The summed E-state index contributed by atoms with van der Waals surface area (Å²) in [6.45, 7) is 0.257. The third-order valence-corrected chi connectivity index (χ3v) is 5.12. The van der Waals surface area contributed by atoms with E-state index in [1.54, 1.807) is 24.3 Å². The fourth-order valence-corrected chi connectivity index (χ4v) is 4.08. The van der Waals surface area contributed by atoms with Crippen LogP contribution in [-0.2, 0) is 9.59 Å². The number of para-hydroxylation sites is 1. The monoisotopic (exact) mass is 333 g/mol. The first-order chi connectivity index (χ1) is 11.0. The highest BCUT2D eigenvalue weighted by atomic mass is 32.2. The van der Waals surface area contributed by atoms with Gasteiger partial charge in [0.1, 0.15) is 5.70 Å². The van der Waals surface area contributed by atoms with Crippen LogP contribution in [-0.4, -0.2) is 39.8 Å². The fourth-order valence-electron chi connectivity index (χ4n) is 2.69. The van der Waals surface area contributed by atoms with Crippen molar-refractivity contribution in [2.24, 2.45) is 5.73 Å². The number of benzene rings is 1. The van der Waals surface area contributed by atoms with Crippen LogP contribution in [0.5, 0.6) is 0 Å². The second-order valence-electron chi connectivity index (χ2n) is 5.19. The smallest absolute Gasteiger partial charge is 0.353 e. The van der Waals surface area contributed by atoms with Gasteiger partial charge in [0.25, 0.3) is 0 Å². The van der Waals surface area contributed by atoms with Crippen LogP contribution in [0, 0.1) is 0 Å². The zero-order chi connectivity index (χ0) is 16.6. The summed E-state index contributed by atoms with van der Waals surface area (Å²) in [5.41, 5.74) is 6.11. The lowest BCUT2D eigenvalue weighted by Gasteiger charge is -2.33. The SMILES string of the molecule is NC(=O)N(CCC1=C(C(=O)O)N2C(=O)CC2S1)c1ccccc1. The molecule has 1 saturated heterocycles. The maximum atomic E-state index is 11.7. The summed E-state index contributed by atoms with van der Waals surface area (Å²) in [6, 6.07) is 8.34. The molecule has 1 unspecified atom stereocenters. The first-order valence-corrected chi connectivity index (χ1v) is 7.94. The standard InChI is InChI=1S/C15H15N3O4S/c16-15(22)17(9-4-2-1-3-5-9)7-6-10-13(14(20)21)18-11(19)8-12(18)23-10/h1-5,12H,6-8H2,(H2,16,22)(H,20,21). The van der Waals surface area contributed by atoms with Crippen molar-refractivity contribution in [2.75, 3.05) is 11.4 Å². The molecule has 1 aromatic rings. The Labute approximate surface area is 136 Å². The minimum Gasteiger partial charge on any atom is -0.477 e. The molecule has 3 amide bonds. The number of thioether (sulfide) groups is 1. The summed E-state index contributed by atoms with van der Waals surface area (Å²) < 4.78 is 0. The van der Waals surface area contributed by atoms with Crippen molar-refractivity contribution in [3.8, 4) is 0 Å². The predicted molar refractivity (Wildman–Crippen MR) is 85.5 cm³/mol. The molecule has 2 heterocycles. The van der Waals surface area contributed by atoms with Gasteiger partial charge in [0, 0.05) is 17.1 Å². The summed E-state index contributed by atoms with van der Waals surface area (Å²) in [6.07, 6.45) is 0.688. The van der Waals surface area contributed by atoms with E-state index in [0.29, 0.717) is 23.4 Å². The summed E-state index contributed by atoms with van der Waals surface area (Å²) in [5, 5.41) is 9.22. The van der Waals surface area contributed by atoms with E-state index in [-0.39, 0.29) is 23.5 Å². The molecule has 3 N–H and O–H groups in total. The topological polar surface area (TPSA) is 104 Å². The summed E-state index contributed by atoms with van der Waals surface area (Å²) in [5.74, 6) is -1.29. The maximum Gasteiger partial charge on any atom is 0.353 e. The number of rotatable bonds is 5. The van der Waals surface area contributed by atoms with Crippen molar-refractivity contribution in [1.29, 1.82) is 0 Å². The van der Waals surface area contributed by atoms with Gasteiger partial charge < -0.3 is 10.8 Å². The Morgan fingerprint density at radius 2 is 2.04 bits per heavy atom. The van der Waals surface area contributed by atoms with Gasteiger partial charge >= 0.3 is 12.0 Å². The average molecular weight is 333 g/mol. The van der Waals surface area contributed by atoms with E-state index in [1.807, 2.05) is 6.07 Å². The number of nitrogens with zero attached hydrogens (tertiary/aromatic N) is 2. The number of anilines is 1. The van der Waals surface area contributed by atoms with E-state index in [1.165, 1.54) is 21.6 Å².